The molecule has 2 aromatic rings. The van der Waals surface area contributed by atoms with Gasteiger partial charge in [0.1, 0.15) is 10.5 Å². The van der Waals surface area contributed by atoms with Gasteiger partial charge in [-0.2, -0.15) is 9.57 Å². The first-order valence-electron chi connectivity index (χ1n) is 10.4. The van der Waals surface area contributed by atoms with E-state index < -0.39 is 32.5 Å². The monoisotopic (exact) mass is 558 g/mol. The lowest BCUT2D eigenvalue weighted by Gasteiger charge is -2.40. The summed E-state index contributed by atoms with van der Waals surface area (Å²) in [6.45, 7) is 4.25. The maximum absolute atomic E-state index is 13.5. The Hall–Kier alpha value is -2.07. The summed E-state index contributed by atoms with van der Waals surface area (Å²) in [5.74, 6) is 0. The number of nitriles is 1. The van der Waals surface area contributed by atoms with Crippen LogP contribution in [0.15, 0.2) is 46.5 Å². The van der Waals surface area contributed by atoms with E-state index in [0.717, 1.165) is 21.0 Å². The van der Waals surface area contributed by atoms with Crippen LogP contribution in [0.5, 0.6) is 0 Å². The van der Waals surface area contributed by atoms with Gasteiger partial charge in [0.15, 0.2) is 0 Å². The number of thioether (sulfide) groups is 1. The summed E-state index contributed by atoms with van der Waals surface area (Å²) in [6.07, 6.45) is 0.192. The zero-order valence-electron chi connectivity index (χ0n) is 19.1. The molecule has 0 radical (unpaired) electrons. The van der Waals surface area contributed by atoms with Crippen molar-refractivity contribution in [3.63, 3.8) is 0 Å². The van der Waals surface area contributed by atoms with Crippen LogP contribution in [0.1, 0.15) is 26.3 Å². The van der Waals surface area contributed by atoms with E-state index >= 15 is 0 Å². The summed E-state index contributed by atoms with van der Waals surface area (Å²) in [5, 5.41) is 30.6. The second-order valence-corrected chi connectivity index (χ2v) is 13.1. The number of nitrogens with zero attached hydrogens (tertiary/aromatic N) is 4. The van der Waals surface area contributed by atoms with Crippen molar-refractivity contribution in [1.29, 1.82) is 5.26 Å². The number of aromatic nitrogens is 1. The molecule has 1 saturated heterocycles. The molecule has 0 saturated carbocycles. The van der Waals surface area contributed by atoms with Gasteiger partial charge in [-0.25, -0.2) is 18.2 Å². The van der Waals surface area contributed by atoms with Crippen molar-refractivity contribution in [3.8, 4) is 6.07 Å². The molecule has 188 valence electrons. The number of β-amino-alcohol motifs (C(OH)–C–C–N with tert-alkyl or cyclic N) is 1. The van der Waals surface area contributed by atoms with Gasteiger partial charge in [0, 0.05) is 24.8 Å². The molecule has 2 heterocycles. The van der Waals surface area contributed by atoms with Crippen LogP contribution in [-0.2, 0) is 10.0 Å². The fourth-order valence-electron chi connectivity index (χ4n) is 3.67. The molecule has 9 nitrogen and oxygen atoms in total. The van der Waals surface area contributed by atoms with Gasteiger partial charge in [-0.15, -0.1) is 0 Å². The summed E-state index contributed by atoms with van der Waals surface area (Å²) in [7, 11) is -4.18. The molecule has 35 heavy (non-hydrogen) atoms. The van der Waals surface area contributed by atoms with Crippen molar-refractivity contribution in [3.05, 3.63) is 52.1 Å². The summed E-state index contributed by atoms with van der Waals surface area (Å²) >= 11 is 13.2. The van der Waals surface area contributed by atoms with Crippen LogP contribution in [-0.4, -0.2) is 74.9 Å². The van der Waals surface area contributed by atoms with Crippen LogP contribution in [0.4, 0.5) is 4.79 Å². The van der Waals surface area contributed by atoms with Crippen molar-refractivity contribution < 1.29 is 23.4 Å². The number of sulfonamides is 1. The van der Waals surface area contributed by atoms with Crippen LogP contribution >= 0.6 is 35.0 Å². The highest BCUT2D eigenvalue weighted by molar-refractivity contribution is 8.00. The number of benzene rings is 1. The molecule has 1 aliphatic rings. The van der Waals surface area contributed by atoms with Crippen molar-refractivity contribution >= 4 is 51.1 Å². The number of carbonyl (C=O) groups is 1. The number of halogens is 2. The van der Waals surface area contributed by atoms with E-state index in [1.807, 2.05) is 6.07 Å². The van der Waals surface area contributed by atoms with Gasteiger partial charge in [0.05, 0.1) is 38.5 Å². The predicted molar refractivity (Wildman–Crippen MR) is 133 cm³/mol. The molecule has 1 aromatic heterocycles. The molecule has 0 spiro atoms. The molecular formula is C22H24Cl2N4O5S2. The summed E-state index contributed by atoms with van der Waals surface area (Å²) in [4.78, 5) is 17.1. The Morgan fingerprint density at radius 2 is 2.03 bits per heavy atom. The second kappa shape index (κ2) is 10.1. The largest absolute Gasteiger partial charge is 0.465 e. The van der Waals surface area contributed by atoms with Crippen LogP contribution in [0.2, 0.25) is 10.0 Å². The van der Waals surface area contributed by atoms with Crippen molar-refractivity contribution in [2.75, 3.05) is 19.6 Å². The lowest BCUT2D eigenvalue weighted by molar-refractivity contribution is -0.00197. The Morgan fingerprint density at radius 3 is 2.54 bits per heavy atom. The molecule has 1 aliphatic heterocycles. The molecule has 2 N–H and O–H groups in total. The number of rotatable bonds is 6. The van der Waals surface area contributed by atoms with E-state index in [1.54, 1.807) is 32.9 Å². The normalized spacial score (nSPS) is 21.0. The number of hydrogen-bond donors (Lipinski definition) is 2. The Balaban J connectivity index is 2.01. The number of aliphatic hydroxyl groups is 1. The standard InChI is InChI=1S/C22H24Cl2N4O5S2/c1-21(2,3)28(20(29)30)13-22(31)12-27(11-18(22)34-19-7-5-15(23)10-26-19)35(32,33)17-6-4-14(9-25)8-16(17)24/h4-8,10,18,31H,11-13H2,1-3H3,(H,29,30)/t18-,22+/m0/s1. The highest BCUT2D eigenvalue weighted by Crippen LogP contribution is 2.40. The molecule has 1 aromatic carbocycles. The molecule has 1 fully saturated rings. The predicted octanol–water partition coefficient (Wildman–Crippen LogP) is 3.93. The van der Waals surface area contributed by atoms with Gasteiger partial charge in [-0.1, -0.05) is 35.0 Å². The van der Waals surface area contributed by atoms with Gasteiger partial charge in [0.25, 0.3) is 0 Å². The quantitative estimate of drug-likeness (QED) is 0.544. The zero-order valence-corrected chi connectivity index (χ0v) is 22.3. The van der Waals surface area contributed by atoms with Crippen molar-refractivity contribution in [2.45, 2.75) is 47.1 Å². The lowest BCUT2D eigenvalue weighted by atomic mass is 9.98. The average molecular weight is 559 g/mol. The first kappa shape index (κ1) is 27.5. The Bertz CT molecular complexity index is 1260. The van der Waals surface area contributed by atoms with E-state index in [1.165, 1.54) is 24.4 Å². The molecule has 13 heteroatoms. The lowest BCUT2D eigenvalue weighted by Crippen LogP contribution is -2.57. The van der Waals surface area contributed by atoms with Gasteiger partial charge >= 0.3 is 6.09 Å². The van der Waals surface area contributed by atoms with E-state index in [-0.39, 0.29) is 35.1 Å². The van der Waals surface area contributed by atoms with Crippen LogP contribution in [0, 0.1) is 11.3 Å². The second-order valence-electron chi connectivity index (χ2n) is 9.12. The SMILES string of the molecule is CC(C)(C)N(C[C@]1(O)CN(S(=O)(=O)c2ccc(C#N)cc2Cl)C[C@@H]1Sc1ccc(Cl)cn1)C(=O)O. The highest BCUT2D eigenvalue weighted by atomic mass is 35.5. The van der Waals surface area contributed by atoms with Gasteiger partial charge in [-0.05, 0) is 51.1 Å². The Kier molecular flexibility index (Phi) is 7.96. The van der Waals surface area contributed by atoms with Gasteiger partial charge in [0.2, 0.25) is 10.0 Å². The third-order valence-corrected chi connectivity index (χ3v) is 9.41. The van der Waals surface area contributed by atoms with Gasteiger partial charge in [-0.3, -0.25) is 0 Å². The first-order chi connectivity index (χ1) is 16.2. The highest BCUT2D eigenvalue weighted by Gasteiger charge is 2.52. The molecule has 0 aliphatic carbocycles. The summed E-state index contributed by atoms with van der Waals surface area (Å²) in [5.41, 5.74) is -2.39. The van der Waals surface area contributed by atoms with Crippen LogP contribution in [0.3, 0.4) is 0 Å². The zero-order chi connectivity index (χ0) is 26.2. The Morgan fingerprint density at radius 1 is 1.34 bits per heavy atom. The van der Waals surface area contributed by atoms with Crippen LogP contribution in [0.25, 0.3) is 0 Å². The fourth-order valence-corrected chi connectivity index (χ4v) is 7.09. The first-order valence-corrected chi connectivity index (χ1v) is 13.5. The van der Waals surface area contributed by atoms with Crippen molar-refractivity contribution in [1.82, 2.24) is 14.2 Å². The number of pyridine rings is 1. The van der Waals surface area contributed by atoms with E-state index in [9.17, 15) is 23.4 Å². The molecule has 1 amide bonds. The maximum Gasteiger partial charge on any atom is 0.407 e. The van der Waals surface area contributed by atoms with E-state index in [4.69, 9.17) is 28.5 Å². The molecule has 3 rings (SSSR count). The number of amides is 1. The molecular weight excluding hydrogens is 535 g/mol. The minimum Gasteiger partial charge on any atom is -0.465 e. The molecule has 0 unspecified atom stereocenters. The third-order valence-electron chi connectivity index (χ3n) is 5.53. The smallest absolute Gasteiger partial charge is 0.407 e. The molecule has 2 atom stereocenters. The average Bonchev–Trinajstić information content (AvgIpc) is 3.09. The van der Waals surface area contributed by atoms with Gasteiger partial charge < -0.3 is 15.1 Å². The number of carboxylic acid groups (broad SMARTS) is 1. The van der Waals surface area contributed by atoms with Crippen LogP contribution < -0.4 is 0 Å². The minimum absolute atomic E-state index is 0.120. The molecule has 0 bridgehead atoms. The Labute approximate surface area is 218 Å². The summed E-state index contributed by atoms with van der Waals surface area (Å²) in [6, 6.07) is 9.00. The summed E-state index contributed by atoms with van der Waals surface area (Å²) < 4.78 is 28.0. The topological polar surface area (TPSA) is 135 Å². The maximum atomic E-state index is 13.5. The minimum atomic E-state index is -4.18. The fraction of sp³-hybridized carbons (Fsp3) is 0.409. The van der Waals surface area contributed by atoms with Crippen molar-refractivity contribution in [2.24, 2.45) is 0 Å². The third kappa shape index (κ3) is 6.02. The number of hydrogen-bond acceptors (Lipinski definition) is 7. The van der Waals surface area contributed by atoms with E-state index in [0.29, 0.717) is 10.0 Å². The van der Waals surface area contributed by atoms with E-state index in [2.05, 4.69) is 4.98 Å².